The van der Waals surface area contributed by atoms with Gasteiger partial charge in [-0.2, -0.15) is 0 Å². The Kier molecular flexibility index (Phi) is 5.02. The van der Waals surface area contributed by atoms with E-state index in [1.54, 1.807) is 12.2 Å². The minimum atomic E-state index is -0.0504. The second kappa shape index (κ2) is 6.76. The summed E-state index contributed by atoms with van der Waals surface area (Å²) >= 11 is 0. The number of nitrogens with one attached hydrogen (secondary N) is 1. The highest BCUT2D eigenvalue weighted by atomic mass is 16.1. The number of nitrogens with zero attached hydrogens (tertiary/aromatic N) is 1. The molecule has 0 saturated heterocycles. The molecule has 4 heteroatoms. The molecule has 0 bridgehead atoms. The Morgan fingerprint density at radius 2 is 2.10 bits per heavy atom. The van der Waals surface area contributed by atoms with E-state index in [1.807, 2.05) is 24.3 Å². The highest BCUT2D eigenvalue weighted by Gasteiger charge is 2.35. The first-order valence-corrected chi connectivity index (χ1v) is 7.51. The first-order valence-electron chi connectivity index (χ1n) is 7.51. The maximum Gasteiger partial charge on any atom is 0.244 e. The van der Waals surface area contributed by atoms with Gasteiger partial charge in [-0.1, -0.05) is 25.0 Å². The van der Waals surface area contributed by atoms with Crippen LogP contribution in [0.2, 0.25) is 0 Å². The summed E-state index contributed by atoms with van der Waals surface area (Å²) in [7, 11) is 4.19. The molecule has 0 atom stereocenters. The topological polar surface area (TPSA) is 58.4 Å². The van der Waals surface area contributed by atoms with Crippen molar-refractivity contribution in [2.45, 2.75) is 31.2 Å². The molecule has 0 unspecified atom stereocenters. The fourth-order valence-electron chi connectivity index (χ4n) is 2.96. The van der Waals surface area contributed by atoms with Gasteiger partial charge in [0.05, 0.1) is 0 Å². The minimum Gasteiger partial charge on any atom is -0.399 e. The van der Waals surface area contributed by atoms with Crippen molar-refractivity contribution in [2.75, 3.05) is 26.4 Å². The predicted molar refractivity (Wildman–Crippen MR) is 87.8 cm³/mol. The molecule has 114 valence electrons. The van der Waals surface area contributed by atoms with Crippen molar-refractivity contribution in [1.82, 2.24) is 10.2 Å². The van der Waals surface area contributed by atoms with Crippen molar-refractivity contribution in [3.63, 3.8) is 0 Å². The highest BCUT2D eigenvalue weighted by Crippen LogP contribution is 2.33. The third kappa shape index (κ3) is 4.08. The molecule has 1 aliphatic rings. The number of anilines is 1. The molecule has 3 N–H and O–H groups in total. The summed E-state index contributed by atoms with van der Waals surface area (Å²) in [6.45, 7) is 0.708. The van der Waals surface area contributed by atoms with Crippen LogP contribution in [0.1, 0.15) is 31.2 Å². The summed E-state index contributed by atoms with van der Waals surface area (Å²) in [5.74, 6) is -0.0504. The first kappa shape index (κ1) is 15.6. The molecule has 0 aromatic heterocycles. The number of amides is 1. The molecule has 1 aromatic carbocycles. The lowest BCUT2D eigenvalue weighted by Gasteiger charge is -2.36. The molecule has 0 spiro atoms. The third-order valence-electron chi connectivity index (χ3n) is 4.41. The molecule has 0 radical (unpaired) electrons. The molecular formula is C17H25N3O. The van der Waals surface area contributed by atoms with E-state index in [4.69, 9.17) is 5.73 Å². The van der Waals surface area contributed by atoms with E-state index in [9.17, 15) is 4.79 Å². The minimum absolute atomic E-state index is 0.0504. The summed E-state index contributed by atoms with van der Waals surface area (Å²) in [6.07, 6.45) is 8.16. The molecule has 1 amide bonds. The number of carbonyl (C=O) groups excluding carboxylic acids is 1. The lowest BCUT2D eigenvalue weighted by molar-refractivity contribution is -0.117. The number of rotatable bonds is 5. The van der Waals surface area contributed by atoms with Crippen molar-refractivity contribution in [3.05, 3.63) is 35.9 Å². The second-order valence-corrected chi connectivity index (χ2v) is 6.05. The van der Waals surface area contributed by atoms with Gasteiger partial charge in [0, 0.05) is 23.8 Å². The molecule has 1 fully saturated rings. The van der Waals surface area contributed by atoms with Gasteiger partial charge in [-0.15, -0.1) is 0 Å². The predicted octanol–water partition coefficient (Wildman–Crippen LogP) is 2.27. The Labute approximate surface area is 127 Å². The van der Waals surface area contributed by atoms with E-state index >= 15 is 0 Å². The first-order chi connectivity index (χ1) is 10.0. The summed E-state index contributed by atoms with van der Waals surface area (Å²) in [6, 6.07) is 7.49. The van der Waals surface area contributed by atoms with Crippen LogP contribution in [-0.2, 0) is 4.79 Å². The zero-order chi connectivity index (χ0) is 15.3. The van der Waals surface area contributed by atoms with Gasteiger partial charge in [0.15, 0.2) is 0 Å². The van der Waals surface area contributed by atoms with Crippen molar-refractivity contribution in [1.29, 1.82) is 0 Å². The summed E-state index contributed by atoms with van der Waals surface area (Å²) < 4.78 is 0. The van der Waals surface area contributed by atoms with Gasteiger partial charge in [0.25, 0.3) is 0 Å². The number of likely N-dealkylation sites (N-methyl/N-ethyl adjacent to an activating group) is 1. The fraction of sp³-hybridized carbons (Fsp3) is 0.471. The average Bonchev–Trinajstić information content (AvgIpc) is 2.93. The van der Waals surface area contributed by atoms with Crippen molar-refractivity contribution < 1.29 is 4.79 Å². The molecular weight excluding hydrogens is 262 g/mol. The fourth-order valence-corrected chi connectivity index (χ4v) is 2.96. The number of nitrogens with two attached hydrogens (primary N) is 1. The molecule has 0 aliphatic heterocycles. The molecule has 2 rings (SSSR count). The zero-order valence-electron chi connectivity index (χ0n) is 12.9. The van der Waals surface area contributed by atoms with Gasteiger partial charge in [-0.25, -0.2) is 0 Å². The van der Waals surface area contributed by atoms with E-state index in [-0.39, 0.29) is 11.4 Å². The number of hydrogen-bond acceptors (Lipinski definition) is 3. The number of nitrogen functional groups attached to an aromatic ring is 1. The van der Waals surface area contributed by atoms with Crippen LogP contribution in [0.5, 0.6) is 0 Å². The number of carbonyl (C=O) groups is 1. The van der Waals surface area contributed by atoms with Crippen LogP contribution in [0.4, 0.5) is 5.69 Å². The molecule has 1 aromatic rings. The van der Waals surface area contributed by atoms with E-state index in [2.05, 4.69) is 24.3 Å². The zero-order valence-corrected chi connectivity index (χ0v) is 12.9. The maximum atomic E-state index is 12.0. The Morgan fingerprint density at radius 3 is 2.71 bits per heavy atom. The summed E-state index contributed by atoms with van der Waals surface area (Å²) in [5.41, 5.74) is 7.48. The maximum absolute atomic E-state index is 12.0. The van der Waals surface area contributed by atoms with Gasteiger partial charge in [-0.05, 0) is 50.7 Å². The van der Waals surface area contributed by atoms with Gasteiger partial charge < -0.3 is 16.0 Å². The largest absolute Gasteiger partial charge is 0.399 e. The average molecular weight is 287 g/mol. The normalized spacial score (nSPS) is 17.5. The van der Waals surface area contributed by atoms with Gasteiger partial charge in [-0.3, -0.25) is 4.79 Å². The Bertz CT molecular complexity index is 517. The molecule has 1 aliphatic carbocycles. The molecule has 21 heavy (non-hydrogen) atoms. The quantitative estimate of drug-likeness (QED) is 0.645. The van der Waals surface area contributed by atoms with E-state index in [1.165, 1.54) is 12.8 Å². The van der Waals surface area contributed by atoms with Crippen LogP contribution >= 0.6 is 0 Å². The van der Waals surface area contributed by atoms with Crippen LogP contribution in [0.3, 0.4) is 0 Å². The van der Waals surface area contributed by atoms with Crippen LogP contribution in [0, 0.1) is 0 Å². The lowest BCUT2D eigenvalue weighted by Crippen LogP contribution is -2.50. The Morgan fingerprint density at radius 1 is 1.38 bits per heavy atom. The lowest BCUT2D eigenvalue weighted by atomic mass is 9.96. The SMILES string of the molecule is CN(C)C1(CNC(=O)/C=C/c2cccc(N)c2)CCCC1. The second-order valence-electron chi connectivity index (χ2n) is 6.05. The van der Waals surface area contributed by atoms with Crippen LogP contribution < -0.4 is 11.1 Å². The highest BCUT2D eigenvalue weighted by molar-refractivity contribution is 5.91. The third-order valence-corrected chi connectivity index (χ3v) is 4.41. The summed E-state index contributed by atoms with van der Waals surface area (Å²) in [5, 5.41) is 3.03. The Hall–Kier alpha value is -1.81. The van der Waals surface area contributed by atoms with Gasteiger partial charge in [0.1, 0.15) is 0 Å². The van der Waals surface area contributed by atoms with Crippen LogP contribution in [0.15, 0.2) is 30.3 Å². The van der Waals surface area contributed by atoms with Crippen molar-refractivity contribution in [2.24, 2.45) is 0 Å². The van der Waals surface area contributed by atoms with Crippen LogP contribution in [0.25, 0.3) is 6.08 Å². The molecule has 0 heterocycles. The van der Waals surface area contributed by atoms with E-state index in [0.29, 0.717) is 12.2 Å². The van der Waals surface area contributed by atoms with Crippen molar-refractivity contribution >= 4 is 17.7 Å². The van der Waals surface area contributed by atoms with E-state index in [0.717, 1.165) is 18.4 Å². The number of hydrogen-bond donors (Lipinski definition) is 2. The van der Waals surface area contributed by atoms with Crippen LogP contribution in [-0.4, -0.2) is 37.0 Å². The molecule has 4 nitrogen and oxygen atoms in total. The molecule has 1 saturated carbocycles. The van der Waals surface area contributed by atoms with Gasteiger partial charge in [0.2, 0.25) is 5.91 Å². The standard InChI is InChI=1S/C17H25N3O/c1-20(2)17(10-3-4-11-17)13-19-16(21)9-8-14-6-5-7-15(18)12-14/h5-9,12H,3-4,10-11,13,18H2,1-2H3,(H,19,21)/b9-8+. The Balaban J connectivity index is 1.90. The van der Waals surface area contributed by atoms with Gasteiger partial charge >= 0.3 is 0 Å². The summed E-state index contributed by atoms with van der Waals surface area (Å²) in [4.78, 5) is 14.2. The number of benzene rings is 1. The van der Waals surface area contributed by atoms with E-state index < -0.39 is 0 Å². The monoisotopic (exact) mass is 287 g/mol. The van der Waals surface area contributed by atoms with Crippen molar-refractivity contribution in [3.8, 4) is 0 Å². The smallest absolute Gasteiger partial charge is 0.244 e.